The van der Waals surface area contributed by atoms with Crippen molar-refractivity contribution < 1.29 is 14.2 Å². The first-order valence-electron chi connectivity index (χ1n) is 5.87. The summed E-state index contributed by atoms with van der Waals surface area (Å²) in [5.41, 5.74) is 0. The molecule has 7 nitrogen and oxygen atoms in total. The number of rotatable bonds is 3. The Morgan fingerprint density at radius 2 is 1.50 bits per heavy atom. The van der Waals surface area contributed by atoms with Crippen LogP contribution in [0.4, 0.5) is 5.95 Å². The van der Waals surface area contributed by atoms with Gasteiger partial charge in [-0.25, -0.2) is 0 Å². The number of hydrogen-bond donors (Lipinski definition) is 0. The highest BCUT2D eigenvalue weighted by Gasteiger charge is 2.25. The van der Waals surface area contributed by atoms with E-state index in [4.69, 9.17) is 14.2 Å². The molecule has 2 rings (SSSR count). The average molecular weight is 254 g/mol. The predicted molar refractivity (Wildman–Crippen MR) is 65.2 cm³/mol. The fraction of sp³-hybridized carbons (Fsp3) is 0.727. The highest BCUT2D eigenvalue weighted by atomic mass is 16.5. The molecule has 18 heavy (non-hydrogen) atoms. The van der Waals surface area contributed by atoms with Crippen molar-refractivity contribution in [3.63, 3.8) is 0 Å². The first kappa shape index (κ1) is 12.8. The van der Waals surface area contributed by atoms with Crippen molar-refractivity contribution in [3.05, 3.63) is 0 Å². The van der Waals surface area contributed by atoms with Gasteiger partial charge in [-0.15, -0.1) is 4.98 Å². The van der Waals surface area contributed by atoms with Gasteiger partial charge < -0.3 is 19.1 Å². The number of ether oxygens (including phenoxy) is 3. The Hall–Kier alpha value is -1.63. The molecule has 1 aromatic rings. The Bertz CT molecular complexity index is 383. The molecule has 2 unspecified atom stereocenters. The smallest absolute Gasteiger partial charge is 0.324 e. The average Bonchev–Trinajstić information content (AvgIpc) is 2.37. The van der Waals surface area contributed by atoms with Crippen LogP contribution in [0.25, 0.3) is 0 Å². The van der Waals surface area contributed by atoms with Crippen LogP contribution in [0.5, 0.6) is 12.0 Å². The number of hydrogen-bond acceptors (Lipinski definition) is 7. The van der Waals surface area contributed by atoms with Gasteiger partial charge in [-0.05, 0) is 13.8 Å². The van der Waals surface area contributed by atoms with Crippen molar-refractivity contribution in [2.24, 2.45) is 0 Å². The van der Waals surface area contributed by atoms with E-state index >= 15 is 0 Å². The third-order valence-electron chi connectivity index (χ3n) is 2.65. The van der Waals surface area contributed by atoms with Crippen LogP contribution in [-0.4, -0.2) is 54.5 Å². The lowest BCUT2D eigenvalue weighted by molar-refractivity contribution is -0.00581. The summed E-state index contributed by atoms with van der Waals surface area (Å²) >= 11 is 0. The van der Waals surface area contributed by atoms with Crippen LogP contribution in [0.2, 0.25) is 0 Å². The summed E-state index contributed by atoms with van der Waals surface area (Å²) in [6.07, 6.45) is 0.282. The Labute approximate surface area is 106 Å². The van der Waals surface area contributed by atoms with Crippen LogP contribution < -0.4 is 14.4 Å². The highest BCUT2D eigenvalue weighted by Crippen LogP contribution is 2.20. The zero-order chi connectivity index (χ0) is 13.1. The second-order valence-corrected chi connectivity index (χ2v) is 4.27. The first-order chi connectivity index (χ1) is 8.62. The lowest BCUT2D eigenvalue weighted by Crippen LogP contribution is -2.46. The molecular formula is C11H18N4O3. The Balaban J connectivity index is 2.25. The standard InChI is InChI=1S/C11H18N4O3/c1-7-5-15(6-8(2)18-7)9-12-10(16-3)14-11(13-9)17-4/h7-8H,5-6H2,1-4H3. The molecule has 2 heterocycles. The Morgan fingerprint density at radius 3 is 1.94 bits per heavy atom. The van der Waals surface area contributed by atoms with Crippen molar-refractivity contribution in [3.8, 4) is 12.0 Å². The Kier molecular flexibility index (Phi) is 3.81. The molecule has 1 saturated heterocycles. The molecule has 0 aromatic carbocycles. The van der Waals surface area contributed by atoms with Gasteiger partial charge in [0.15, 0.2) is 0 Å². The maximum Gasteiger partial charge on any atom is 0.324 e. The van der Waals surface area contributed by atoms with E-state index in [0.717, 1.165) is 13.1 Å². The van der Waals surface area contributed by atoms with Crippen molar-refractivity contribution in [2.75, 3.05) is 32.2 Å². The summed E-state index contributed by atoms with van der Waals surface area (Å²) in [4.78, 5) is 14.5. The van der Waals surface area contributed by atoms with E-state index in [1.165, 1.54) is 14.2 Å². The fourth-order valence-electron chi connectivity index (χ4n) is 1.99. The second kappa shape index (κ2) is 5.34. The zero-order valence-corrected chi connectivity index (χ0v) is 11.1. The molecule has 1 aromatic heterocycles. The number of aromatic nitrogens is 3. The second-order valence-electron chi connectivity index (χ2n) is 4.27. The molecule has 1 aliphatic rings. The third-order valence-corrected chi connectivity index (χ3v) is 2.65. The topological polar surface area (TPSA) is 69.6 Å². The molecule has 100 valence electrons. The maximum absolute atomic E-state index is 5.68. The fourth-order valence-corrected chi connectivity index (χ4v) is 1.99. The molecule has 1 aliphatic heterocycles. The summed E-state index contributed by atoms with van der Waals surface area (Å²) in [7, 11) is 3.03. The molecular weight excluding hydrogens is 236 g/mol. The first-order valence-corrected chi connectivity index (χ1v) is 5.87. The molecule has 0 spiro atoms. The molecule has 0 amide bonds. The molecule has 0 radical (unpaired) electrons. The van der Waals surface area contributed by atoms with E-state index < -0.39 is 0 Å². The van der Waals surface area contributed by atoms with Crippen LogP contribution >= 0.6 is 0 Å². The molecule has 1 fully saturated rings. The number of methoxy groups -OCH3 is 2. The monoisotopic (exact) mass is 254 g/mol. The minimum absolute atomic E-state index is 0.141. The van der Waals surface area contributed by atoms with Crippen molar-refractivity contribution in [1.82, 2.24) is 15.0 Å². The van der Waals surface area contributed by atoms with Gasteiger partial charge in [0.05, 0.1) is 26.4 Å². The van der Waals surface area contributed by atoms with Crippen molar-refractivity contribution in [1.29, 1.82) is 0 Å². The SMILES string of the molecule is COc1nc(OC)nc(N2CC(C)OC(C)C2)n1. The van der Waals surface area contributed by atoms with Gasteiger partial charge in [0.1, 0.15) is 0 Å². The van der Waals surface area contributed by atoms with E-state index in [1.807, 2.05) is 18.7 Å². The molecule has 7 heteroatoms. The Morgan fingerprint density at radius 1 is 1.00 bits per heavy atom. The van der Waals surface area contributed by atoms with Crippen LogP contribution in [0.3, 0.4) is 0 Å². The highest BCUT2D eigenvalue weighted by molar-refractivity contribution is 5.33. The summed E-state index contributed by atoms with van der Waals surface area (Å²) in [6, 6.07) is 0.507. The van der Waals surface area contributed by atoms with E-state index in [1.54, 1.807) is 0 Å². The largest absolute Gasteiger partial charge is 0.467 e. The lowest BCUT2D eigenvalue weighted by atomic mass is 10.2. The molecule has 2 atom stereocenters. The number of anilines is 1. The third kappa shape index (κ3) is 2.79. The zero-order valence-electron chi connectivity index (χ0n) is 11.1. The molecule has 0 saturated carbocycles. The van der Waals surface area contributed by atoms with Crippen molar-refractivity contribution >= 4 is 5.95 Å². The number of nitrogens with zero attached hydrogens (tertiary/aromatic N) is 4. The van der Waals surface area contributed by atoms with Gasteiger partial charge in [-0.1, -0.05) is 0 Å². The molecule has 0 N–H and O–H groups in total. The van der Waals surface area contributed by atoms with Crippen LogP contribution in [0.15, 0.2) is 0 Å². The van der Waals surface area contributed by atoms with E-state index in [9.17, 15) is 0 Å². The minimum atomic E-state index is 0.141. The summed E-state index contributed by atoms with van der Waals surface area (Å²) in [5.74, 6) is 0.556. The summed E-state index contributed by atoms with van der Waals surface area (Å²) < 4.78 is 15.8. The van der Waals surface area contributed by atoms with Gasteiger partial charge in [0.2, 0.25) is 5.95 Å². The van der Waals surface area contributed by atoms with Gasteiger partial charge in [0, 0.05) is 13.1 Å². The molecule has 0 bridgehead atoms. The van der Waals surface area contributed by atoms with Crippen LogP contribution in [0, 0.1) is 0 Å². The normalized spacial score (nSPS) is 23.9. The number of morpholine rings is 1. The lowest BCUT2D eigenvalue weighted by Gasteiger charge is -2.35. The van der Waals surface area contributed by atoms with Gasteiger partial charge in [0.25, 0.3) is 0 Å². The van der Waals surface area contributed by atoms with Gasteiger partial charge in [-0.2, -0.15) is 9.97 Å². The quantitative estimate of drug-likeness (QED) is 0.778. The van der Waals surface area contributed by atoms with E-state index in [2.05, 4.69) is 15.0 Å². The van der Waals surface area contributed by atoms with Gasteiger partial charge in [-0.3, -0.25) is 0 Å². The van der Waals surface area contributed by atoms with E-state index in [-0.39, 0.29) is 24.2 Å². The van der Waals surface area contributed by atoms with Crippen LogP contribution in [-0.2, 0) is 4.74 Å². The van der Waals surface area contributed by atoms with Crippen LogP contribution in [0.1, 0.15) is 13.8 Å². The van der Waals surface area contributed by atoms with E-state index in [0.29, 0.717) is 5.95 Å². The summed E-state index contributed by atoms with van der Waals surface area (Å²) in [6.45, 7) is 5.53. The summed E-state index contributed by atoms with van der Waals surface area (Å²) in [5, 5.41) is 0. The molecule has 0 aliphatic carbocycles. The maximum atomic E-state index is 5.68. The van der Waals surface area contributed by atoms with Gasteiger partial charge >= 0.3 is 12.0 Å². The predicted octanol–water partition coefficient (Wildman–Crippen LogP) is 0.502. The van der Waals surface area contributed by atoms with Crippen molar-refractivity contribution in [2.45, 2.75) is 26.1 Å². The minimum Gasteiger partial charge on any atom is -0.467 e.